The molecular formula is C24H35BrO5. The quantitative estimate of drug-likeness (QED) is 0.483. The van der Waals surface area contributed by atoms with E-state index in [0.717, 1.165) is 38.5 Å². The maximum atomic E-state index is 13.1. The second-order valence-corrected chi connectivity index (χ2v) is 12.2. The number of Topliss-reactive ketones (excluding diaryl/α,β-unsaturated/α-hetero) is 2. The third-order valence-electron chi connectivity index (χ3n) is 9.89. The van der Waals surface area contributed by atoms with Gasteiger partial charge in [-0.2, -0.15) is 0 Å². The molecule has 0 aromatic carbocycles. The van der Waals surface area contributed by atoms with Crippen molar-refractivity contribution in [2.24, 2.45) is 40.4 Å². The van der Waals surface area contributed by atoms with Gasteiger partial charge in [0.05, 0.1) is 4.83 Å². The lowest BCUT2D eigenvalue weighted by atomic mass is 9.44. The number of ketones is 2. The van der Waals surface area contributed by atoms with Gasteiger partial charge in [-0.3, -0.25) is 14.4 Å². The molecule has 1 N–H and O–H groups in total. The molecule has 4 aliphatic carbocycles. The van der Waals surface area contributed by atoms with Gasteiger partial charge in [0.25, 0.3) is 0 Å². The standard InChI is InChI=1S/C24H35BrO5/c1-13-9-18-16-6-5-15-10-20(27)19(25)11-22(15,3)17(16)7-8-23(18,4)24(13,29)21(28)12-30-14(2)26/h13,15-19,29H,5-12H2,1-4H3/t13-,15+,16-,17-,18-,19-,22+,23+,24+/m0/s1. The van der Waals surface area contributed by atoms with Crippen LogP contribution in [0.3, 0.4) is 0 Å². The van der Waals surface area contributed by atoms with Crippen molar-refractivity contribution in [3.63, 3.8) is 0 Å². The van der Waals surface area contributed by atoms with Gasteiger partial charge >= 0.3 is 5.97 Å². The Morgan fingerprint density at radius 1 is 1.20 bits per heavy atom. The van der Waals surface area contributed by atoms with Crippen molar-refractivity contribution in [1.29, 1.82) is 0 Å². The van der Waals surface area contributed by atoms with Crippen LogP contribution in [0.2, 0.25) is 0 Å². The summed E-state index contributed by atoms with van der Waals surface area (Å²) in [5.41, 5.74) is -1.80. The minimum Gasteiger partial charge on any atom is -0.458 e. The van der Waals surface area contributed by atoms with Crippen LogP contribution >= 0.6 is 15.9 Å². The Bertz CT molecular complexity index is 767. The van der Waals surface area contributed by atoms with Crippen molar-refractivity contribution in [1.82, 2.24) is 0 Å². The Balaban J connectivity index is 1.62. The van der Waals surface area contributed by atoms with Gasteiger partial charge in [-0.1, -0.05) is 36.7 Å². The number of ether oxygens (including phenoxy) is 1. The zero-order valence-corrected chi connectivity index (χ0v) is 20.2. The molecule has 0 aliphatic heterocycles. The summed E-state index contributed by atoms with van der Waals surface area (Å²) in [7, 11) is 0. The minimum atomic E-state index is -1.45. The Hall–Kier alpha value is -0.750. The van der Waals surface area contributed by atoms with Gasteiger partial charge < -0.3 is 9.84 Å². The van der Waals surface area contributed by atoms with Crippen molar-refractivity contribution in [2.75, 3.05) is 6.61 Å². The molecule has 0 radical (unpaired) electrons. The first-order valence-corrected chi connectivity index (χ1v) is 12.4. The maximum absolute atomic E-state index is 13.1. The van der Waals surface area contributed by atoms with E-state index in [4.69, 9.17) is 4.74 Å². The molecule has 0 unspecified atom stereocenters. The van der Waals surface area contributed by atoms with Crippen LogP contribution in [0.15, 0.2) is 0 Å². The molecular weight excluding hydrogens is 448 g/mol. The molecule has 6 heteroatoms. The molecule has 0 saturated heterocycles. The van der Waals surface area contributed by atoms with E-state index in [2.05, 4.69) is 29.8 Å². The van der Waals surface area contributed by atoms with Gasteiger partial charge in [0.15, 0.2) is 6.61 Å². The fourth-order valence-electron chi connectivity index (χ4n) is 8.27. The number of aliphatic hydroxyl groups is 1. The van der Waals surface area contributed by atoms with Crippen molar-refractivity contribution in [3.05, 3.63) is 0 Å². The van der Waals surface area contributed by atoms with Crippen LogP contribution in [0.1, 0.15) is 72.6 Å². The number of rotatable bonds is 3. The van der Waals surface area contributed by atoms with Gasteiger partial charge in [0, 0.05) is 18.8 Å². The number of carbonyl (C=O) groups excluding carboxylic acids is 3. The first kappa shape index (κ1) is 22.4. The first-order chi connectivity index (χ1) is 13.9. The largest absolute Gasteiger partial charge is 0.458 e. The molecule has 168 valence electrons. The van der Waals surface area contributed by atoms with Crippen LogP contribution in [0.5, 0.6) is 0 Å². The number of hydrogen-bond donors (Lipinski definition) is 1. The summed E-state index contributed by atoms with van der Waals surface area (Å²) in [5, 5.41) is 11.8. The van der Waals surface area contributed by atoms with Crippen LogP contribution in [-0.2, 0) is 19.1 Å². The molecule has 0 aromatic rings. The zero-order chi connectivity index (χ0) is 22.1. The second-order valence-electron chi connectivity index (χ2n) is 11.1. The summed E-state index contributed by atoms with van der Waals surface area (Å²) < 4.78 is 4.98. The molecule has 4 aliphatic rings. The molecule has 30 heavy (non-hydrogen) atoms. The Morgan fingerprint density at radius 3 is 2.57 bits per heavy atom. The van der Waals surface area contributed by atoms with E-state index in [0.29, 0.717) is 30.0 Å². The molecule has 0 heterocycles. The maximum Gasteiger partial charge on any atom is 0.303 e. The average Bonchev–Trinajstić information content (AvgIpc) is 2.88. The lowest BCUT2D eigenvalue weighted by Crippen LogP contribution is -2.61. The number of alkyl halides is 1. The Morgan fingerprint density at radius 2 is 1.90 bits per heavy atom. The zero-order valence-electron chi connectivity index (χ0n) is 18.6. The average molecular weight is 483 g/mol. The van der Waals surface area contributed by atoms with Gasteiger partial charge in [-0.25, -0.2) is 0 Å². The second kappa shape index (κ2) is 7.40. The predicted molar refractivity (Wildman–Crippen MR) is 116 cm³/mol. The predicted octanol–water partition coefficient (Wildman–Crippen LogP) is 4.08. The minimum absolute atomic E-state index is 0.0458. The van der Waals surface area contributed by atoms with E-state index >= 15 is 0 Å². The summed E-state index contributed by atoms with van der Waals surface area (Å²) in [5.74, 6) is 1.07. The fourth-order valence-corrected chi connectivity index (χ4v) is 9.16. The third kappa shape index (κ3) is 2.99. The van der Waals surface area contributed by atoms with E-state index in [-0.39, 0.29) is 34.5 Å². The number of carbonyl (C=O) groups is 3. The number of hydrogen-bond acceptors (Lipinski definition) is 5. The summed E-state index contributed by atoms with van der Waals surface area (Å²) in [6, 6.07) is 0. The number of halogens is 1. The lowest BCUT2D eigenvalue weighted by molar-refractivity contribution is -0.179. The lowest BCUT2D eigenvalue weighted by Gasteiger charge is -2.61. The first-order valence-electron chi connectivity index (χ1n) is 11.5. The third-order valence-corrected chi connectivity index (χ3v) is 10.7. The Labute approximate surface area is 187 Å². The fraction of sp³-hybridized carbons (Fsp3) is 0.875. The summed E-state index contributed by atoms with van der Waals surface area (Å²) in [6.07, 6.45) is 6.32. The number of esters is 1. The van der Waals surface area contributed by atoms with Crippen LogP contribution < -0.4 is 0 Å². The van der Waals surface area contributed by atoms with E-state index in [1.807, 2.05) is 6.92 Å². The normalized spacial score (nSPS) is 50.3. The van der Waals surface area contributed by atoms with E-state index in [9.17, 15) is 19.5 Å². The van der Waals surface area contributed by atoms with Crippen molar-refractivity contribution >= 4 is 33.5 Å². The van der Waals surface area contributed by atoms with Crippen LogP contribution in [0, 0.1) is 40.4 Å². The van der Waals surface area contributed by atoms with Crippen LogP contribution in [0.25, 0.3) is 0 Å². The highest BCUT2D eigenvalue weighted by molar-refractivity contribution is 9.10. The highest BCUT2D eigenvalue weighted by Crippen LogP contribution is 2.69. The molecule has 5 nitrogen and oxygen atoms in total. The van der Waals surface area contributed by atoms with Gasteiger partial charge in [0.2, 0.25) is 5.78 Å². The highest BCUT2D eigenvalue weighted by atomic mass is 79.9. The van der Waals surface area contributed by atoms with Crippen LogP contribution in [-0.4, -0.2) is 39.7 Å². The van der Waals surface area contributed by atoms with Crippen molar-refractivity contribution in [3.8, 4) is 0 Å². The topological polar surface area (TPSA) is 80.7 Å². The van der Waals surface area contributed by atoms with Gasteiger partial charge in [0.1, 0.15) is 11.4 Å². The van der Waals surface area contributed by atoms with E-state index in [1.54, 1.807) is 0 Å². The molecule has 0 amide bonds. The smallest absolute Gasteiger partial charge is 0.303 e. The molecule has 9 atom stereocenters. The summed E-state index contributed by atoms with van der Waals surface area (Å²) in [6.45, 7) is 7.39. The molecule has 4 rings (SSSR count). The van der Waals surface area contributed by atoms with Gasteiger partial charge in [-0.05, 0) is 73.5 Å². The SMILES string of the molecule is CC(=O)OCC(=O)[C@]1(O)[C@@H](C)C[C@H]2[C@H]3CC[C@@H]4CC(=O)[C@@H](Br)C[C@@]4(C)[C@H]3CC[C@]21C. The van der Waals surface area contributed by atoms with Crippen molar-refractivity contribution < 1.29 is 24.2 Å². The van der Waals surface area contributed by atoms with Gasteiger partial charge in [-0.15, -0.1) is 0 Å². The molecule has 4 fully saturated rings. The molecule has 0 spiro atoms. The monoisotopic (exact) mass is 482 g/mol. The molecule has 0 bridgehead atoms. The van der Waals surface area contributed by atoms with Crippen LogP contribution in [0.4, 0.5) is 0 Å². The molecule has 0 aromatic heterocycles. The highest BCUT2D eigenvalue weighted by Gasteiger charge is 2.69. The van der Waals surface area contributed by atoms with E-state index < -0.39 is 17.0 Å². The van der Waals surface area contributed by atoms with Crippen molar-refractivity contribution in [2.45, 2.75) is 83.1 Å². The molecule has 4 saturated carbocycles. The summed E-state index contributed by atoms with van der Waals surface area (Å²) >= 11 is 3.63. The number of fused-ring (bicyclic) bond motifs is 5. The Kier molecular flexibility index (Phi) is 5.53. The summed E-state index contributed by atoms with van der Waals surface area (Å²) in [4.78, 5) is 36.6. The van der Waals surface area contributed by atoms with E-state index in [1.165, 1.54) is 6.92 Å².